The zero-order chi connectivity index (χ0) is 12.3. The monoisotopic (exact) mass is 236 g/mol. The lowest BCUT2D eigenvalue weighted by Crippen LogP contribution is -2.08. The molecule has 0 aliphatic carbocycles. The summed E-state index contributed by atoms with van der Waals surface area (Å²) in [5, 5.41) is 0. The number of halogens is 4. The van der Waals surface area contributed by atoms with E-state index in [-0.39, 0.29) is 19.0 Å². The molecular formula is C10H8F4O2. The molecule has 0 atom stereocenters. The number of carbonyl (C=O) groups excluding carboxylic acids is 1. The van der Waals surface area contributed by atoms with Crippen LogP contribution >= 0.6 is 0 Å². The van der Waals surface area contributed by atoms with E-state index in [1.54, 1.807) is 0 Å². The highest BCUT2D eigenvalue weighted by atomic mass is 19.4. The SMILES string of the molecule is CCOc1cc(C(F)(F)F)cc(F)c1C=O. The van der Waals surface area contributed by atoms with E-state index in [0.29, 0.717) is 6.07 Å². The molecule has 88 valence electrons. The van der Waals surface area contributed by atoms with Gasteiger partial charge in [-0.3, -0.25) is 4.79 Å². The number of hydrogen-bond donors (Lipinski definition) is 0. The Morgan fingerprint density at radius 1 is 1.38 bits per heavy atom. The van der Waals surface area contributed by atoms with Gasteiger partial charge in [0.1, 0.15) is 11.6 Å². The first kappa shape index (κ1) is 12.5. The van der Waals surface area contributed by atoms with Gasteiger partial charge in [0.25, 0.3) is 0 Å². The van der Waals surface area contributed by atoms with Gasteiger partial charge in [-0.1, -0.05) is 0 Å². The molecule has 0 spiro atoms. The Morgan fingerprint density at radius 3 is 2.44 bits per heavy atom. The molecule has 0 aromatic heterocycles. The Hall–Kier alpha value is -1.59. The van der Waals surface area contributed by atoms with Crippen molar-refractivity contribution in [2.75, 3.05) is 6.61 Å². The summed E-state index contributed by atoms with van der Waals surface area (Å²) < 4.78 is 54.9. The molecule has 0 fully saturated rings. The van der Waals surface area contributed by atoms with Gasteiger partial charge in [0.15, 0.2) is 6.29 Å². The molecule has 0 unspecified atom stereocenters. The van der Waals surface area contributed by atoms with Crippen LogP contribution < -0.4 is 4.74 Å². The molecule has 0 aliphatic heterocycles. The molecule has 0 N–H and O–H groups in total. The van der Waals surface area contributed by atoms with Gasteiger partial charge >= 0.3 is 6.18 Å². The largest absolute Gasteiger partial charge is 0.493 e. The van der Waals surface area contributed by atoms with Crippen LogP contribution in [0.3, 0.4) is 0 Å². The Labute approximate surface area is 88.8 Å². The second-order valence-electron chi connectivity index (χ2n) is 2.92. The van der Waals surface area contributed by atoms with Crippen molar-refractivity contribution in [2.45, 2.75) is 13.1 Å². The van der Waals surface area contributed by atoms with Crippen molar-refractivity contribution in [3.05, 3.63) is 29.1 Å². The van der Waals surface area contributed by atoms with Gasteiger partial charge in [0.2, 0.25) is 0 Å². The van der Waals surface area contributed by atoms with Crippen LogP contribution in [-0.4, -0.2) is 12.9 Å². The maximum absolute atomic E-state index is 13.2. The first-order valence-electron chi connectivity index (χ1n) is 4.38. The molecule has 1 aromatic carbocycles. The van der Waals surface area contributed by atoms with Crippen molar-refractivity contribution in [1.29, 1.82) is 0 Å². The Bertz CT molecular complexity index is 399. The van der Waals surface area contributed by atoms with Gasteiger partial charge in [0.05, 0.1) is 17.7 Å². The lowest BCUT2D eigenvalue weighted by atomic mass is 10.1. The van der Waals surface area contributed by atoms with Crippen molar-refractivity contribution in [3.8, 4) is 5.75 Å². The minimum atomic E-state index is -4.67. The summed E-state index contributed by atoms with van der Waals surface area (Å²) in [4.78, 5) is 10.5. The van der Waals surface area contributed by atoms with Crippen molar-refractivity contribution in [2.24, 2.45) is 0 Å². The Balaban J connectivity index is 3.33. The van der Waals surface area contributed by atoms with Crippen molar-refractivity contribution in [3.63, 3.8) is 0 Å². The highest BCUT2D eigenvalue weighted by Gasteiger charge is 2.32. The molecule has 0 saturated carbocycles. The lowest BCUT2D eigenvalue weighted by molar-refractivity contribution is -0.137. The summed E-state index contributed by atoms with van der Waals surface area (Å²) in [6.07, 6.45) is -4.55. The summed E-state index contributed by atoms with van der Waals surface area (Å²) in [5.41, 5.74) is -1.69. The fourth-order valence-corrected chi connectivity index (χ4v) is 1.15. The van der Waals surface area contributed by atoms with Gasteiger partial charge in [-0.15, -0.1) is 0 Å². The highest BCUT2D eigenvalue weighted by molar-refractivity contribution is 5.80. The van der Waals surface area contributed by atoms with Crippen LogP contribution in [0.2, 0.25) is 0 Å². The molecule has 2 nitrogen and oxygen atoms in total. The van der Waals surface area contributed by atoms with Crippen LogP contribution in [0.1, 0.15) is 22.8 Å². The van der Waals surface area contributed by atoms with E-state index >= 15 is 0 Å². The number of carbonyl (C=O) groups is 1. The van der Waals surface area contributed by atoms with Crippen LogP contribution in [-0.2, 0) is 6.18 Å². The molecular weight excluding hydrogens is 228 g/mol. The summed E-state index contributed by atoms with van der Waals surface area (Å²) in [5.74, 6) is -1.64. The fourth-order valence-electron chi connectivity index (χ4n) is 1.15. The van der Waals surface area contributed by atoms with Crippen LogP contribution in [0.15, 0.2) is 12.1 Å². The van der Waals surface area contributed by atoms with E-state index in [2.05, 4.69) is 0 Å². The molecule has 6 heteroatoms. The minimum absolute atomic E-state index is 0.0432. The van der Waals surface area contributed by atoms with Gasteiger partial charge in [-0.05, 0) is 19.1 Å². The maximum Gasteiger partial charge on any atom is 0.416 e. The number of alkyl halides is 3. The van der Waals surface area contributed by atoms with E-state index in [1.165, 1.54) is 6.92 Å². The van der Waals surface area contributed by atoms with Gasteiger partial charge < -0.3 is 4.74 Å². The molecule has 0 aliphatic rings. The standard InChI is InChI=1S/C10H8F4O2/c1-2-16-9-4-6(10(12,13)14)3-8(11)7(9)5-15/h3-5H,2H2,1H3. The van der Waals surface area contributed by atoms with Crippen molar-refractivity contribution < 1.29 is 27.1 Å². The maximum atomic E-state index is 13.2. The number of aldehydes is 1. The van der Waals surface area contributed by atoms with Gasteiger partial charge in [-0.2, -0.15) is 13.2 Å². The zero-order valence-corrected chi connectivity index (χ0v) is 8.27. The molecule has 16 heavy (non-hydrogen) atoms. The first-order valence-corrected chi connectivity index (χ1v) is 4.38. The number of ether oxygens (including phenoxy) is 1. The Kier molecular flexibility index (Phi) is 3.51. The second kappa shape index (κ2) is 4.51. The molecule has 0 bridgehead atoms. The average Bonchev–Trinajstić information content (AvgIpc) is 2.16. The van der Waals surface area contributed by atoms with E-state index in [1.807, 2.05) is 0 Å². The quantitative estimate of drug-likeness (QED) is 0.595. The van der Waals surface area contributed by atoms with E-state index in [4.69, 9.17) is 4.74 Å². The van der Waals surface area contributed by atoms with Crippen LogP contribution in [0, 0.1) is 5.82 Å². The van der Waals surface area contributed by atoms with Gasteiger partial charge in [0, 0.05) is 0 Å². The molecule has 0 saturated heterocycles. The molecule has 1 aromatic rings. The van der Waals surface area contributed by atoms with Crippen LogP contribution in [0.25, 0.3) is 0 Å². The summed E-state index contributed by atoms with van der Waals surface area (Å²) in [6, 6.07) is 0.878. The third-order valence-corrected chi connectivity index (χ3v) is 1.84. The number of rotatable bonds is 3. The van der Waals surface area contributed by atoms with Gasteiger partial charge in [-0.25, -0.2) is 4.39 Å². The molecule has 0 heterocycles. The Morgan fingerprint density at radius 2 is 2.00 bits per heavy atom. The summed E-state index contributed by atoms with van der Waals surface area (Å²) >= 11 is 0. The summed E-state index contributed by atoms with van der Waals surface area (Å²) in [6.45, 7) is 1.56. The van der Waals surface area contributed by atoms with E-state index in [9.17, 15) is 22.4 Å². The minimum Gasteiger partial charge on any atom is -0.493 e. The van der Waals surface area contributed by atoms with Crippen molar-refractivity contribution in [1.82, 2.24) is 0 Å². The molecule has 0 radical (unpaired) electrons. The number of benzene rings is 1. The smallest absolute Gasteiger partial charge is 0.416 e. The van der Waals surface area contributed by atoms with E-state index in [0.717, 1.165) is 0 Å². The van der Waals surface area contributed by atoms with Crippen molar-refractivity contribution >= 4 is 6.29 Å². The predicted molar refractivity (Wildman–Crippen MR) is 48.0 cm³/mol. The third-order valence-electron chi connectivity index (χ3n) is 1.84. The van der Waals surface area contributed by atoms with Crippen LogP contribution in [0.5, 0.6) is 5.75 Å². The number of hydrogen-bond acceptors (Lipinski definition) is 2. The molecule has 1 rings (SSSR count). The predicted octanol–water partition coefficient (Wildman–Crippen LogP) is 3.06. The summed E-state index contributed by atoms with van der Waals surface area (Å²) in [7, 11) is 0. The van der Waals surface area contributed by atoms with E-state index < -0.39 is 28.9 Å². The average molecular weight is 236 g/mol. The first-order chi connectivity index (χ1) is 7.40. The normalized spacial score (nSPS) is 11.3. The van der Waals surface area contributed by atoms with Crippen LogP contribution in [0.4, 0.5) is 17.6 Å². The topological polar surface area (TPSA) is 26.3 Å². The fraction of sp³-hybridized carbons (Fsp3) is 0.300. The molecule has 0 amide bonds. The lowest BCUT2D eigenvalue weighted by Gasteiger charge is -2.11. The zero-order valence-electron chi connectivity index (χ0n) is 8.27. The highest BCUT2D eigenvalue weighted by Crippen LogP contribution is 2.34. The third kappa shape index (κ3) is 2.50. The second-order valence-corrected chi connectivity index (χ2v) is 2.92.